The van der Waals surface area contributed by atoms with Crippen LogP contribution < -0.4 is 10.8 Å². The van der Waals surface area contributed by atoms with Crippen molar-refractivity contribution in [3.63, 3.8) is 0 Å². The highest BCUT2D eigenvalue weighted by molar-refractivity contribution is 7.43. The number of hydrogen-bond donors (Lipinski definition) is 5. The third kappa shape index (κ3) is 7.12. The number of nitrogens with one attached hydrogen (secondary N) is 1. The van der Waals surface area contributed by atoms with Crippen LogP contribution in [0.3, 0.4) is 0 Å². The van der Waals surface area contributed by atoms with Gasteiger partial charge in [0.15, 0.2) is 0 Å². The van der Waals surface area contributed by atoms with Gasteiger partial charge in [-0.15, -0.1) is 0 Å². The molecule has 2 unspecified atom stereocenters. The molecule has 0 radical (unpaired) electrons. The topological polar surface area (TPSA) is 108 Å². The summed E-state index contributed by atoms with van der Waals surface area (Å²) in [5, 5.41) is 20.3. The molecule has 1 saturated heterocycles. The fourth-order valence-corrected chi connectivity index (χ4v) is 10.3. The molecule has 4 aliphatic carbocycles. The monoisotopic (exact) mass is 566 g/mol. The summed E-state index contributed by atoms with van der Waals surface area (Å²) in [7, 11) is -1.74. The molecule has 6 nitrogen and oxygen atoms in total. The highest BCUT2D eigenvalue weighted by Gasteiger charge is 2.59. The number of nitrogens with two attached hydrogens (primary N) is 1. The van der Waals surface area contributed by atoms with Crippen molar-refractivity contribution in [1.82, 2.24) is 5.32 Å². The first-order valence-electron chi connectivity index (χ1n) is 16.1. The summed E-state index contributed by atoms with van der Waals surface area (Å²) < 4.78 is 5.65. The van der Waals surface area contributed by atoms with Crippen LogP contribution >= 0.6 is 8.53 Å². The SMILES string of the molecule is CC(C)CCC[C@@H](C)[C@H]1CC[C@H]2[C@@H]3CC=C4C[C@@H](OP(N)O)CC[C@]4(C)[C@H]3CC[C@]12C.OC[C@@H]1CC(O)CN1. The van der Waals surface area contributed by atoms with Crippen LogP contribution in [0.5, 0.6) is 0 Å². The molecule has 0 bridgehead atoms. The number of aliphatic hydroxyl groups excluding tert-OH is 2. The van der Waals surface area contributed by atoms with Gasteiger partial charge in [0.2, 0.25) is 8.53 Å². The van der Waals surface area contributed by atoms with Gasteiger partial charge in [0.25, 0.3) is 0 Å². The molecule has 5 rings (SSSR count). The predicted molar refractivity (Wildman–Crippen MR) is 161 cm³/mol. The molecule has 0 spiro atoms. The van der Waals surface area contributed by atoms with Gasteiger partial charge in [0, 0.05) is 12.6 Å². The molecule has 3 saturated carbocycles. The lowest BCUT2D eigenvalue weighted by Gasteiger charge is -2.58. The Balaban J connectivity index is 0.000000379. The van der Waals surface area contributed by atoms with Crippen molar-refractivity contribution in [3.8, 4) is 0 Å². The molecular weight excluding hydrogens is 507 g/mol. The van der Waals surface area contributed by atoms with Gasteiger partial charge in [-0.2, -0.15) is 0 Å². The van der Waals surface area contributed by atoms with E-state index in [2.05, 4.69) is 46.0 Å². The Kier molecular flexibility index (Phi) is 11.0. The zero-order chi connectivity index (χ0) is 28.4. The van der Waals surface area contributed by atoms with E-state index in [0.29, 0.717) is 23.8 Å². The smallest absolute Gasteiger partial charge is 0.250 e. The third-order valence-electron chi connectivity index (χ3n) is 11.9. The zero-order valence-electron chi connectivity index (χ0n) is 25.4. The van der Waals surface area contributed by atoms with Gasteiger partial charge in [0.1, 0.15) is 0 Å². The zero-order valence-corrected chi connectivity index (χ0v) is 26.3. The molecule has 1 heterocycles. The Morgan fingerprint density at radius 1 is 1.10 bits per heavy atom. The van der Waals surface area contributed by atoms with E-state index >= 15 is 0 Å². The Labute approximate surface area is 239 Å². The van der Waals surface area contributed by atoms with Crippen LogP contribution in [0.2, 0.25) is 0 Å². The molecule has 11 atom stereocenters. The maximum Gasteiger partial charge on any atom is 0.250 e. The first kappa shape index (κ1) is 31.9. The number of allylic oxidation sites excluding steroid dienone is 1. The standard InChI is InChI=1S/C27H48NO2P.C5H11NO2/c1-18(2)7-6-8-19(3)23-11-12-24-22-10-9-20-17-21(30-31(28)29)13-15-26(20,4)25(22)14-16-27(23,24)5;7-3-4-1-5(8)2-6-4/h9,18-19,21-25,29H,6-8,10-17,28H2,1-5H3;4-8H,1-3H2/t19-,21+,22+,23-,24+,25+,26+,27-,31?;4-,5?/m10/s1. The fourth-order valence-electron chi connectivity index (χ4n) is 9.83. The largest absolute Gasteiger partial charge is 0.395 e. The summed E-state index contributed by atoms with van der Waals surface area (Å²) in [5.74, 6) is 5.29. The first-order chi connectivity index (χ1) is 18.5. The average Bonchev–Trinajstić information content (AvgIpc) is 3.46. The van der Waals surface area contributed by atoms with Crippen molar-refractivity contribution < 1.29 is 19.6 Å². The van der Waals surface area contributed by atoms with Crippen molar-refractivity contribution in [2.75, 3.05) is 13.2 Å². The minimum atomic E-state index is -1.74. The highest BCUT2D eigenvalue weighted by atomic mass is 31.2. The number of fused-ring (bicyclic) bond motifs is 5. The third-order valence-corrected chi connectivity index (χ3v) is 12.5. The van der Waals surface area contributed by atoms with E-state index in [1.165, 1.54) is 57.8 Å². The second kappa shape index (κ2) is 13.5. The van der Waals surface area contributed by atoms with Crippen molar-refractivity contribution >= 4 is 8.53 Å². The summed E-state index contributed by atoms with van der Waals surface area (Å²) in [6, 6.07) is 0.130. The van der Waals surface area contributed by atoms with Crippen LogP contribution in [0.25, 0.3) is 0 Å². The van der Waals surface area contributed by atoms with Crippen molar-refractivity contribution in [3.05, 3.63) is 11.6 Å². The predicted octanol–water partition coefficient (Wildman–Crippen LogP) is 6.29. The lowest BCUT2D eigenvalue weighted by atomic mass is 9.47. The van der Waals surface area contributed by atoms with Crippen LogP contribution in [-0.4, -0.2) is 46.5 Å². The molecule has 0 aromatic rings. The summed E-state index contributed by atoms with van der Waals surface area (Å²) in [6.07, 6.45) is 17.7. The van der Waals surface area contributed by atoms with Crippen LogP contribution in [0.1, 0.15) is 112 Å². The molecule has 7 heteroatoms. The van der Waals surface area contributed by atoms with E-state index in [9.17, 15) is 4.89 Å². The van der Waals surface area contributed by atoms with Crippen LogP contribution in [0.15, 0.2) is 11.6 Å². The molecular formula is C32H59N2O4P. The van der Waals surface area contributed by atoms with Gasteiger partial charge in [-0.1, -0.05) is 65.5 Å². The van der Waals surface area contributed by atoms with Crippen molar-refractivity contribution in [1.29, 1.82) is 0 Å². The summed E-state index contributed by atoms with van der Waals surface area (Å²) in [4.78, 5) is 9.53. The van der Waals surface area contributed by atoms with Crippen LogP contribution in [0.4, 0.5) is 0 Å². The Morgan fingerprint density at radius 3 is 2.49 bits per heavy atom. The second-order valence-electron chi connectivity index (χ2n) is 14.7. The van der Waals surface area contributed by atoms with Crippen molar-refractivity contribution in [2.45, 2.75) is 130 Å². The summed E-state index contributed by atoms with van der Waals surface area (Å²) >= 11 is 0. The Hall–Kier alpha value is -0.0700. The normalized spacial score (nSPS) is 43.0. The van der Waals surface area contributed by atoms with Crippen LogP contribution in [0, 0.1) is 46.3 Å². The van der Waals surface area contributed by atoms with E-state index in [4.69, 9.17) is 20.2 Å². The van der Waals surface area contributed by atoms with Gasteiger partial charge < -0.3 is 24.9 Å². The Bertz CT molecular complexity index is 824. The van der Waals surface area contributed by atoms with E-state index < -0.39 is 8.53 Å². The number of aliphatic hydroxyl groups is 2. The number of hydrogen-bond acceptors (Lipinski definition) is 6. The molecule has 226 valence electrons. The first-order valence-corrected chi connectivity index (χ1v) is 17.4. The maximum atomic E-state index is 9.53. The molecule has 5 aliphatic rings. The van der Waals surface area contributed by atoms with Gasteiger partial charge in [0.05, 0.1) is 18.8 Å². The van der Waals surface area contributed by atoms with E-state index in [1.54, 1.807) is 5.57 Å². The molecule has 0 aromatic carbocycles. The van der Waals surface area contributed by atoms with Gasteiger partial charge in [-0.3, -0.25) is 5.50 Å². The Morgan fingerprint density at radius 2 is 1.87 bits per heavy atom. The highest BCUT2D eigenvalue weighted by Crippen LogP contribution is 2.67. The van der Waals surface area contributed by atoms with E-state index in [0.717, 1.165) is 48.3 Å². The second-order valence-corrected chi connectivity index (χ2v) is 15.6. The minimum Gasteiger partial charge on any atom is -0.395 e. The van der Waals surface area contributed by atoms with Gasteiger partial charge >= 0.3 is 0 Å². The lowest BCUT2D eigenvalue weighted by molar-refractivity contribution is -0.0558. The summed E-state index contributed by atoms with van der Waals surface area (Å²) in [5.41, 5.74) is 8.08. The minimum absolute atomic E-state index is 0.119. The van der Waals surface area contributed by atoms with Crippen molar-refractivity contribution in [2.24, 2.45) is 51.8 Å². The average molecular weight is 567 g/mol. The van der Waals surface area contributed by atoms with Gasteiger partial charge in [-0.05, 0) is 104 Å². The molecule has 0 aromatic heterocycles. The molecule has 1 aliphatic heterocycles. The molecule has 4 fully saturated rings. The molecule has 6 N–H and O–H groups in total. The fraction of sp³-hybridized carbons (Fsp3) is 0.938. The van der Waals surface area contributed by atoms with Gasteiger partial charge in [-0.25, -0.2) is 0 Å². The van der Waals surface area contributed by atoms with Crippen LogP contribution in [-0.2, 0) is 4.52 Å². The van der Waals surface area contributed by atoms with E-state index in [1.807, 2.05) is 0 Å². The van der Waals surface area contributed by atoms with E-state index in [-0.39, 0.29) is 24.9 Å². The maximum absolute atomic E-state index is 9.53. The molecule has 0 amide bonds. The quantitative estimate of drug-likeness (QED) is 0.175. The number of β-amino-alcohol motifs (C(OH)–C–C–N with tert-alkyl or cyclic N) is 1. The molecule has 39 heavy (non-hydrogen) atoms. The summed E-state index contributed by atoms with van der Waals surface area (Å²) in [6.45, 7) is 13.3. The lowest BCUT2D eigenvalue weighted by Crippen LogP contribution is -2.51. The number of rotatable bonds is 8.